The van der Waals surface area contributed by atoms with Crippen molar-refractivity contribution in [2.45, 2.75) is 13.8 Å². The topological polar surface area (TPSA) is 34.1 Å². The van der Waals surface area contributed by atoms with Crippen molar-refractivity contribution >= 4 is 24.9 Å². The molecule has 4 heteroatoms. The molecule has 118 valence electrons. The van der Waals surface area contributed by atoms with Gasteiger partial charge in [0.2, 0.25) is 0 Å². The van der Waals surface area contributed by atoms with Crippen molar-refractivity contribution in [2.75, 3.05) is 24.6 Å². The third kappa shape index (κ3) is 3.80. The summed E-state index contributed by atoms with van der Waals surface area (Å²) in [6.45, 7) is 3.94. The molecule has 2 nitrogen and oxygen atoms in total. The first-order valence-electron chi connectivity index (χ1n) is 7.81. The van der Waals surface area contributed by atoms with Crippen molar-refractivity contribution in [1.82, 2.24) is 0 Å². The van der Waals surface area contributed by atoms with Gasteiger partial charge in [-0.3, -0.25) is 0 Å². The quantitative estimate of drug-likeness (QED) is 0.703. The van der Waals surface area contributed by atoms with Gasteiger partial charge in [0.25, 0.3) is 0 Å². The normalized spacial score (nSPS) is 12.3. The lowest BCUT2D eigenvalue weighted by Crippen LogP contribution is -2.20. The summed E-state index contributed by atoms with van der Waals surface area (Å²) in [5, 5.41) is 1.72. The van der Waals surface area contributed by atoms with Crippen LogP contribution in [0.5, 0.6) is 0 Å². The maximum atomic E-state index is 13.8. The molecular weight excluding hydrogens is 310 g/mol. The van der Waals surface area contributed by atoms with Gasteiger partial charge in [-0.15, -0.1) is 0 Å². The Morgan fingerprint density at radius 1 is 0.682 bits per heavy atom. The van der Waals surface area contributed by atoms with Crippen LogP contribution in [0.4, 0.5) is 0 Å². The van der Waals surface area contributed by atoms with Gasteiger partial charge in [-0.25, -0.2) is 0 Å². The Balaban J connectivity index is 2.40. The van der Waals surface area contributed by atoms with Crippen molar-refractivity contribution in [3.8, 4) is 0 Å². The fraction of sp³-hybridized carbons (Fsp3) is 0.333. The minimum Gasteiger partial charge on any atom is -0.324 e. The minimum atomic E-state index is -2.72. The maximum absolute atomic E-state index is 13.8. The lowest BCUT2D eigenvalue weighted by molar-refractivity contribution is 0.574. The number of hydrogen-bond donors (Lipinski definition) is 0. The molecule has 0 aliphatic rings. The van der Waals surface area contributed by atoms with E-state index in [1.54, 1.807) is 0 Å². The molecule has 0 fully saturated rings. The van der Waals surface area contributed by atoms with Crippen LogP contribution in [0.25, 0.3) is 0 Å². The maximum Gasteiger partial charge on any atom is 0.143 e. The highest BCUT2D eigenvalue weighted by atomic mass is 31.2. The first kappa shape index (κ1) is 17.3. The molecule has 2 rings (SSSR count). The van der Waals surface area contributed by atoms with Crippen molar-refractivity contribution in [3.05, 3.63) is 60.7 Å². The summed E-state index contributed by atoms with van der Waals surface area (Å²) in [6, 6.07) is 19.3. The highest BCUT2D eigenvalue weighted by Gasteiger charge is 2.30. The summed E-state index contributed by atoms with van der Waals surface area (Å²) in [7, 11) is -4.91. The molecule has 0 radical (unpaired) electrons. The molecule has 0 saturated heterocycles. The van der Waals surface area contributed by atoms with Crippen molar-refractivity contribution < 1.29 is 9.13 Å². The molecular formula is C18H24O2P2. The molecule has 0 N–H and O–H groups in total. The van der Waals surface area contributed by atoms with Gasteiger partial charge in [-0.05, 0) is 12.3 Å². The molecule has 0 aliphatic carbocycles. The van der Waals surface area contributed by atoms with E-state index >= 15 is 0 Å². The van der Waals surface area contributed by atoms with Gasteiger partial charge in [-0.2, -0.15) is 0 Å². The summed E-state index contributed by atoms with van der Waals surface area (Å²) in [5.41, 5.74) is 0. The lowest BCUT2D eigenvalue weighted by Gasteiger charge is -2.22. The van der Waals surface area contributed by atoms with Crippen LogP contribution < -0.4 is 10.6 Å². The van der Waals surface area contributed by atoms with E-state index in [0.29, 0.717) is 24.6 Å². The average Bonchev–Trinajstić information content (AvgIpc) is 2.61. The zero-order valence-corrected chi connectivity index (χ0v) is 15.1. The lowest BCUT2D eigenvalue weighted by atomic mass is 10.4. The van der Waals surface area contributed by atoms with E-state index in [9.17, 15) is 9.13 Å². The van der Waals surface area contributed by atoms with Crippen LogP contribution in [0, 0.1) is 0 Å². The smallest absolute Gasteiger partial charge is 0.143 e. The number of hydrogen-bond acceptors (Lipinski definition) is 2. The van der Waals surface area contributed by atoms with E-state index < -0.39 is 14.3 Å². The van der Waals surface area contributed by atoms with Gasteiger partial charge in [0.15, 0.2) is 0 Å². The van der Waals surface area contributed by atoms with Crippen LogP contribution in [-0.4, -0.2) is 24.6 Å². The third-order valence-electron chi connectivity index (χ3n) is 4.32. The summed E-state index contributed by atoms with van der Waals surface area (Å²) < 4.78 is 26.5. The zero-order valence-electron chi connectivity index (χ0n) is 13.3. The monoisotopic (exact) mass is 334 g/mol. The number of benzene rings is 2. The van der Waals surface area contributed by atoms with Crippen LogP contribution in [0.2, 0.25) is 0 Å². The molecule has 0 amide bonds. The number of rotatable bonds is 7. The van der Waals surface area contributed by atoms with Gasteiger partial charge in [-0.1, -0.05) is 74.5 Å². The van der Waals surface area contributed by atoms with Gasteiger partial charge in [0, 0.05) is 22.9 Å². The first-order valence-corrected chi connectivity index (χ1v) is 12.0. The molecule has 0 spiro atoms. The molecule has 2 aromatic carbocycles. The van der Waals surface area contributed by atoms with E-state index in [1.807, 2.05) is 74.5 Å². The third-order valence-corrected chi connectivity index (χ3v) is 11.1. The van der Waals surface area contributed by atoms with E-state index in [-0.39, 0.29) is 0 Å². The largest absolute Gasteiger partial charge is 0.324 e. The Hall–Kier alpha value is -1.10. The zero-order chi connectivity index (χ0) is 16.1. The van der Waals surface area contributed by atoms with Crippen LogP contribution in [0.15, 0.2) is 60.7 Å². The summed E-state index contributed by atoms with van der Waals surface area (Å²) in [4.78, 5) is 0. The van der Waals surface area contributed by atoms with Gasteiger partial charge in [0.05, 0.1) is 7.14 Å². The minimum absolute atomic E-state index is 0.486. The Morgan fingerprint density at radius 3 is 1.45 bits per heavy atom. The molecule has 0 bridgehead atoms. The fourth-order valence-corrected chi connectivity index (χ4v) is 8.39. The van der Waals surface area contributed by atoms with Gasteiger partial charge < -0.3 is 9.13 Å². The second-order valence-corrected chi connectivity index (χ2v) is 12.3. The first-order chi connectivity index (χ1) is 10.5. The van der Waals surface area contributed by atoms with Crippen LogP contribution in [-0.2, 0) is 9.13 Å². The summed E-state index contributed by atoms with van der Waals surface area (Å²) in [5.74, 6) is 0. The van der Waals surface area contributed by atoms with Crippen LogP contribution in [0.1, 0.15) is 13.8 Å². The highest BCUT2D eigenvalue weighted by Crippen LogP contribution is 2.51. The molecule has 0 heterocycles. The molecule has 0 atom stereocenters. The Kier molecular flexibility index (Phi) is 5.84. The Bertz CT molecular complexity index is 629. The van der Waals surface area contributed by atoms with E-state index in [0.717, 1.165) is 10.6 Å². The van der Waals surface area contributed by atoms with Crippen molar-refractivity contribution in [1.29, 1.82) is 0 Å². The van der Waals surface area contributed by atoms with Crippen molar-refractivity contribution in [2.24, 2.45) is 0 Å². The van der Waals surface area contributed by atoms with Crippen LogP contribution in [0.3, 0.4) is 0 Å². The molecule has 2 aromatic rings. The molecule has 22 heavy (non-hydrogen) atoms. The molecule has 0 unspecified atom stereocenters. The van der Waals surface area contributed by atoms with E-state index in [4.69, 9.17) is 0 Å². The standard InChI is InChI=1S/C18H24O2P2/c1-3-21(19,4-2)15-16-22(20,17-11-7-5-8-12-17)18-13-9-6-10-14-18/h5-14H,3-4,15-16H2,1-2H3. The Labute approximate surface area is 133 Å². The summed E-state index contributed by atoms with van der Waals surface area (Å²) in [6.07, 6.45) is 2.42. The van der Waals surface area contributed by atoms with E-state index in [1.165, 1.54) is 0 Å². The van der Waals surface area contributed by atoms with Crippen molar-refractivity contribution in [3.63, 3.8) is 0 Å². The predicted octanol–water partition coefficient (Wildman–Crippen LogP) is 4.40. The second kappa shape index (κ2) is 7.44. The molecule has 0 aliphatic heterocycles. The molecule has 0 saturated carbocycles. The average molecular weight is 334 g/mol. The Morgan fingerprint density at radius 2 is 1.09 bits per heavy atom. The molecule has 0 aromatic heterocycles. The fourth-order valence-electron chi connectivity index (χ4n) is 2.61. The van der Waals surface area contributed by atoms with Crippen LogP contribution >= 0.6 is 14.3 Å². The SMILES string of the molecule is CCP(=O)(CC)CCP(=O)(c1ccccc1)c1ccccc1. The highest BCUT2D eigenvalue weighted by molar-refractivity contribution is 7.79. The predicted molar refractivity (Wildman–Crippen MR) is 98.2 cm³/mol. The van der Waals surface area contributed by atoms with Gasteiger partial charge >= 0.3 is 0 Å². The summed E-state index contributed by atoms with van der Waals surface area (Å²) >= 11 is 0. The second-order valence-electron chi connectivity index (χ2n) is 5.55. The van der Waals surface area contributed by atoms with Gasteiger partial charge in [0.1, 0.15) is 7.14 Å². The van der Waals surface area contributed by atoms with E-state index in [2.05, 4.69) is 0 Å².